The van der Waals surface area contributed by atoms with E-state index in [0.717, 1.165) is 30.0 Å². The molecule has 0 saturated heterocycles. The number of aromatic nitrogens is 2. The van der Waals surface area contributed by atoms with E-state index >= 15 is 0 Å². The van der Waals surface area contributed by atoms with Crippen LogP contribution < -0.4 is 10.1 Å². The maximum Gasteiger partial charge on any atom is 0.271 e. The molecule has 26 heavy (non-hydrogen) atoms. The van der Waals surface area contributed by atoms with Crippen LogP contribution in [0.3, 0.4) is 0 Å². The molecule has 0 radical (unpaired) electrons. The minimum Gasteiger partial charge on any atom is -0.497 e. The Labute approximate surface area is 153 Å². The molecule has 0 saturated carbocycles. The zero-order valence-corrected chi connectivity index (χ0v) is 15.1. The number of methoxy groups -OCH3 is 1. The Balaban J connectivity index is 1.52. The van der Waals surface area contributed by atoms with Gasteiger partial charge in [0.05, 0.1) is 12.8 Å². The maximum absolute atomic E-state index is 12.3. The van der Waals surface area contributed by atoms with Crippen LogP contribution in [0, 0.1) is 6.92 Å². The minimum absolute atomic E-state index is 0.141. The van der Waals surface area contributed by atoms with Crippen LogP contribution in [0.15, 0.2) is 60.7 Å². The summed E-state index contributed by atoms with van der Waals surface area (Å²) in [6, 6.07) is 19.6. The first kappa shape index (κ1) is 17.7. The molecule has 0 fully saturated rings. The standard InChI is InChI=1S/C21H23N3O2/c1-16-15-20(23-24(16)18-8-4-3-5-9-18)21(25)22-14-6-7-17-10-12-19(26-2)13-11-17/h3-5,8-13,15H,6-7,14H2,1-2H3,(H,22,25). The van der Waals surface area contributed by atoms with Crippen molar-refractivity contribution in [3.8, 4) is 11.4 Å². The Morgan fingerprint density at radius 2 is 1.85 bits per heavy atom. The van der Waals surface area contributed by atoms with Gasteiger partial charge in [-0.15, -0.1) is 0 Å². The topological polar surface area (TPSA) is 56.1 Å². The number of amides is 1. The highest BCUT2D eigenvalue weighted by atomic mass is 16.5. The van der Waals surface area contributed by atoms with Crippen LogP contribution >= 0.6 is 0 Å². The fourth-order valence-corrected chi connectivity index (χ4v) is 2.79. The summed E-state index contributed by atoms with van der Waals surface area (Å²) >= 11 is 0. The van der Waals surface area contributed by atoms with Crippen molar-refractivity contribution < 1.29 is 9.53 Å². The highest BCUT2D eigenvalue weighted by molar-refractivity contribution is 5.92. The summed E-state index contributed by atoms with van der Waals surface area (Å²) in [4.78, 5) is 12.3. The van der Waals surface area contributed by atoms with Gasteiger partial charge in [-0.1, -0.05) is 30.3 Å². The fraction of sp³-hybridized carbons (Fsp3) is 0.238. The van der Waals surface area contributed by atoms with Crippen LogP contribution in [0.25, 0.3) is 5.69 Å². The van der Waals surface area contributed by atoms with Crippen LogP contribution in [-0.2, 0) is 6.42 Å². The molecule has 134 valence electrons. The van der Waals surface area contributed by atoms with E-state index in [2.05, 4.69) is 10.4 Å². The number of carbonyl (C=O) groups is 1. The molecule has 0 unspecified atom stereocenters. The molecule has 1 amide bonds. The summed E-state index contributed by atoms with van der Waals surface area (Å²) in [5, 5.41) is 7.37. The van der Waals surface area contributed by atoms with Crippen molar-refractivity contribution in [3.63, 3.8) is 0 Å². The van der Waals surface area contributed by atoms with E-state index in [-0.39, 0.29) is 5.91 Å². The largest absolute Gasteiger partial charge is 0.497 e. The van der Waals surface area contributed by atoms with Gasteiger partial charge >= 0.3 is 0 Å². The van der Waals surface area contributed by atoms with E-state index in [9.17, 15) is 4.79 Å². The number of aryl methyl sites for hydroxylation is 2. The highest BCUT2D eigenvalue weighted by Gasteiger charge is 2.12. The lowest BCUT2D eigenvalue weighted by Gasteiger charge is -2.05. The van der Waals surface area contributed by atoms with E-state index in [1.165, 1.54) is 5.56 Å². The van der Waals surface area contributed by atoms with E-state index in [0.29, 0.717) is 12.2 Å². The van der Waals surface area contributed by atoms with Crippen LogP contribution in [0.2, 0.25) is 0 Å². The number of nitrogens with zero attached hydrogens (tertiary/aromatic N) is 2. The third-order valence-electron chi connectivity index (χ3n) is 4.21. The summed E-state index contributed by atoms with van der Waals surface area (Å²) in [7, 11) is 1.66. The first-order valence-electron chi connectivity index (χ1n) is 8.70. The molecule has 0 atom stereocenters. The molecular weight excluding hydrogens is 326 g/mol. The number of hydrogen-bond donors (Lipinski definition) is 1. The van der Waals surface area contributed by atoms with Crippen LogP contribution in [0.4, 0.5) is 0 Å². The molecule has 0 bridgehead atoms. The van der Waals surface area contributed by atoms with Crippen molar-refractivity contribution in [2.75, 3.05) is 13.7 Å². The van der Waals surface area contributed by atoms with Gasteiger partial charge in [0.1, 0.15) is 5.75 Å². The fourth-order valence-electron chi connectivity index (χ4n) is 2.79. The van der Waals surface area contributed by atoms with E-state index < -0.39 is 0 Å². The number of benzene rings is 2. The van der Waals surface area contributed by atoms with Crippen molar-refractivity contribution in [1.82, 2.24) is 15.1 Å². The van der Waals surface area contributed by atoms with Gasteiger partial charge in [0.15, 0.2) is 5.69 Å². The zero-order chi connectivity index (χ0) is 18.4. The SMILES string of the molecule is COc1ccc(CCCNC(=O)c2cc(C)n(-c3ccccc3)n2)cc1. The number of para-hydroxylation sites is 1. The monoisotopic (exact) mass is 349 g/mol. The number of hydrogen-bond acceptors (Lipinski definition) is 3. The zero-order valence-electron chi connectivity index (χ0n) is 15.1. The molecule has 1 N–H and O–H groups in total. The van der Waals surface area contributed by atoms with Gasteiger partial charge in [-0.05, 0) is 55.7 Å². The maximum atomic E-state index is 12.3. The van der Waals surface area contributed by atoms with Gasteiger partial charge in [0, 0.05) is 12.2 Å². The number of ether oxygens (including phenoxy) is 1. The number of nitrogens with one attached hydrogen (secondary N) is 1. The second-order valence-electron chi connectivity index (χ2n) is 6.13. The smallest absolute Gasteiger partial charge is 0.271 e. The third-order valence-corrected chi connectivity index (χ3v) is 4.21. The van der Waals surface area contributed by atoms with Crippen LogP contribution in [0.1, 0.15) is 28.2 Å². The first-order valence-corrected chi connectivity index (χ1v) is 8.70. The second-order valence-corrected chi connectivity index (χ2v) is 6.13. The first-order chi connectivity index (χ1) is 12.7. The summed E-state index contributed by atoms with van der Waals surface area (Å²) in [5.74, 6) is 0.712. The molecule has 0 aliphatic rings. The molecule has 1 aromatic heterocycles. The summed E-state index contributed by atoms with van der Waals surface area (Å²) in [6.45, 7) is 2.56. The minimum atomic E-state index is -0.141. The molecule has 5 heteroatoms. The Morgan fingerprint density at radius 1 is 1.12 bits per heavy atom. The van der Waals surface area contributed by atoms with Crippen molar-refractivity contribution in [1.29, 1.82) is 0 Å². The molecule has 0 aliphatic carbocycles. The van der Waals surface area contributed by atoms with Crippen molar-refractivity contribution in [3.05, 3.63) is 77.6 Å². The molecule has 3 aromatic rings. The summed E-state index contributed by atoms with van der Waals surface area (Å²) in [6.07, 6.45) is 1.78. The van der Waals surface area contributed by atoms with Gasteiger partial charge in [0.25, 0.3) is 5.91 Å². The van der Waals surface area contributed by atoms with Crippen LogP contribution in [-0.4, -0.2) is 29.3 Å². The number of rotatable bonds is 7. The molecule has 2 aromatic carbocycles. The van der Waals surface area contributed by atoms with E-state index in [1.54, 1.807) is 11.8 Å². The van der Waals surface area contributed by atoms with Crippen molar-refractivity contribution >= 4 is 5.91 Å². The summed E-state index contributed by atoms with van der Waals surface area (Å²) < 4.78 is 6.94. The van der Waals surface area contributed by atoms with Crippen LogP contribution in [0.5, 0.6) is 5.75 Å². The van der Waals surface area contributed by atoms with Gasteiger partial charge in [0.2, 0.25) is 0 Å². The Kier molecular flexibility index (Phi) is 5.69. The lowest BCUT2D eigenvalue weighted by molar-refractivity contribution is 0.0948. The Bertz CT molecular complexity index is 855. The predicted molar refractivity (Wildman–Crippen MR) is 102 cm³/mol. The van der Waals surface area contributed by atoms with Gasteiger partial charge in [-0.2, -0.15) is 5.10 Å². The molecule has 1 heterocycles. The van der Waals surface area contributed by atoms with Crippen molar-refractivity contribution in [2.45, 2.75) is 19.8 Å². The third kappa shape index (κ3) is 4.30. The Morgan fingerprint density at radius 3 is 2.54 bits per heavy atom. The lowest BCUT2D eigenvalue weighted by atomic mass is 10.1. The molecule has 3 rings (SSSR count). The highest BCUT2D eigenvalue weighted by Crippen LogP contribution is 2.13. The number of carbonyl (C=O) groups excluding carboxylic acids is 1. The average Bonchev–Trinajstić information content (AvgIpc) is 3.08. The molecule has 0 aliphatic heterocycles. The van der Waals surface area contributed by atoms with E-state index in [1.807, 2.05) is 67.6 Å². The van der Waals surface area contributed by atoms with Gasteiger partial charge in [-0.25, -0.2) is 4.68 Å². The normalized spacial score (nSPS) is 10.5. The van der Waals surface area contributed by atoms with Crippen molar-refractivity contribution in [2.24, 2.45) is 0 Å². The lowest BCUT2D eigenvalue weighted by Crippen LogP contribution is -2.25. The Hall–Kier alpha value is -3.08. The van der Waals surface area contributed by atoms with E-state index in [4.69, 9.17) is 4.74 Å². The molecular formula is C21H23N3O2. The second kappa shape index (κ2) is 8.34. The predicted octanol–water partition coefficient (Wildman–Crippen LogP) is 3.55. The average molecular weight is 349 g/mol. The molecule has 0 spiro atoms. The van der Waals surface area contributed by atoms with Gasteiger partial charge in [-0.3, -0.25) is 4.79 Å². The quantitative estimate of drug-likeness (QED) is 0.664. The summed E-state index contributed by atoms with van der Waals surface area (Å²) in [5.41, 5.74) is 3.54. The van der Waals surface area contributed by atoms with Gasteiger partial charge < -0.3 is 10.1 Å². The molecule has 5 nitrogen and oxygen atoms in total.